The number of carbonyl (C=O) groups excluding carboxylic acids is 3. The summed E-state index contributed by atoms with van der Waals surface area (Å²) >= 11 is 0. The largest absolute Gasteiger partial charge is 0.445 e. The maximum absolute atomic E-state index is 13.6. The van der Waals surface area contributed by atoms with E-state index in [-0.39, 0.29) is 18.4 Å². The van der Waals surface area contributed by atoms with Crippen molar-refractivity contribution >= 4 is 17.9 Å². The smallest absolute Gasteiger partial charge is 0.407 e. The molecule has 234 valence electrons. The molecule has 8 heteroatoms. The first-order valence-corrected chi connectivity index (χ1v) is 16.3. The van der Waals surface area contributed by atoms with Crippen LogP contribution in [-0.4, -0.2) is 72.0 Å². The van der Waals surface area contributed by atoms with Crippen LogP contribution in [0.25, 0.3) is 0 Å². The average molecular weight is 591 g/mol. The van der Waals surface area contributed by atoms with Gasteiger partial charge in [0.15, 0.2) is 0 Å². The van der Waals surface area contributed by atoms with Crippen LogP contribution in [0.2, 0.25) is 0 Å². The summed E-state index contributed by atoms with van der Waals surface area (Å²) in [6.07, 6.45) is 9.77. The van der Waals surface area contributed by atoms with Gasteiger partial charge >= 0.3 is 6.09 Å². The number of rotatable bonds is 16. The molecule has 1 spiro atoms. The third-order valence-corrected chi connectivity index (χ3v) is 8.87. The molecule has 1 atom stereocenters. The molecule has 2 aromatic rings. The molecule has 8 nitrogen and oxygen atoms in total. The minimum atomic E-state index is -0.722. The number of amides is 3. The van der Waals surface area contributed by atoms with Gasteiger partial charge < -0.3 is 25.2 Å². The molecule has 0 aromatic heterocycles. The van der Waals surface area contributed by atoms with E-state index in [0.29, 0.717) is 38.8 Å². The summed E-state index contributed by atoms with van der Waals surface area (Å²) in [4.78, 5) is 43.5. The van der Waals surface area contributed by atoms with Gasteiger partial charge in [0.2, 0.25) is 11.8 Å². The first-order chi connectivity index (χ1) is 21.0. The SMILES string of the molecule is CCCN1C(=O)[C@@H](CCCCNC(=O)OCc2ccccc2)NC(=O)C12CCN(CCCCCCc1ccccc1)CC2. The van der Waals surface area contributed by atoms with Gasteiger partial charge in [-0.3, -0.25) is 9.59 Å². The molecule has 0 aliphatic carbocycles. The number of ether oxygens (including phenoxy) is 1. The molecule has 2 heterocycles. The summed E-state index contributed by atoms with van der Waals surface area (Å²) < 4.78 is 5.25. The fourth-order valence-electron chi connectivity index (χ4n) is 6.36. The molecule has 2 aromatic carbocycles. The summed E-state index contributed by atoms with van der Waals surface area (Å²) in [7, 11) is 0. The molecular formula is C35H50N4O4. The monoisotopic (exact) mass is 590 g/mol. The van der Waals surface area contributed by atoms with E-state index in [9.17, 15) is 14.4 Å². The van der Waals surface area contributed by atoms with Crippen molar-refractivity contribution in [3.63, 3.8) is 0 Å². The van der Waals surface area contributed by atoms with Crippen molar-refractivity contribution in [3.8, 4) is 0 Å². The molecular weight excluding hydrogens is 540 g/mol. The van der Waals surface area contributed by atoms with E-state index in [2.05, 4.69) is 52.8 Å². The number of likely N-dealkylation sites (tertiary alicyclic amines) is 1. The topological polar surface area (TPSA) is 91.0 Å². The highest BCUT2D eigenvalue weighted by Crippen LogP contribution is 2.34. The van der Waals surface area contributed by atoms with Gasteiger partial charge in [-0.25, -0.2) is 4.79 Å². The van der Waals surface area contributed by atoms with Gasteiger partial charge in [-0.2, -0.15) is 0 Å². The Bertz CT molecular complexity index is 1140. The lowest BCUT2D eigenvalue weighted by Crippen LogP contribution is -2.72. The first kappa shape index (κ1) is 32.5. The predicted molar refractivity (Wildman–Crippen MR) is 169 cm³/mol. The first-order valence-electron chi connectivity index (χ1n) is 16.3. The van der Waals surface area contributed by atoms with Crippen molar-refractivity contribution in [2.75, 3.05) is 32.7 Å². The maximum atomic E-state index is 13.6. The van der Waals surface area contributed by atoms with Crippen LogP contribution in [0.4, 0.5) is 4.79 Å². The van der Waals surface area contributed by atoms with Gasteiger partial charge in [-0.1, -0.05) is 80.4 Å². The summed E-state index contributed by atoms with van der Waals surface area (Å²) in [6, 6.07) is 19.7. The number of piperidine rings is 1. The van der Waals surface area contributed by atoms with Crippen LogP contribution < -0.4 is 10.6 Å². The van der Waals surface area contributed by atoms with E-state index in [4.69, 9.17) is 4.74 Å². The van der Waals surface area contributed by atoms with Gasteiger partial charge in [0.25, 0.3) is 0 Å². The van der Waals surface area contributed by atoms with E-state index < -0.39 is 17.7 Å². The summed E-state index contributed by atoms with van der Waals surface area (Å²) in [5.74, 6) is 0.0530. The Kier molecular flexibility index (Phi) is 12.9. The van der Waals surface area contributed by atoms with Gasteiger partial charge in [0.1, 0.15) is 18.2 Å². The van der Waals surface area contributed by atoms with Crippen LogP contribution in [0.5, 0.6) is 0 Å². The fraction of sp³-hybridized carbons (Fsp3) is 0.571. The highest BCUT2D eigenvalue weighted by Gasteiger charge is 2.52. The van der Waals surface area contributed by atoms with E-state index >= 15 is 0 Å². The lowest BCUT2D eigenvalue weighted by Gasteiger charge is -2.51. The van der Waals surface area contributed by atoms with Crippen LogP contribution in [0, 0.1) is 0 Å². The highest BCUT2D eigenvalue weighted by molar-refractivity contribution is 6.00. The number of nitrogens with one attached hydrogen (secondary N) is 2. The number of alkyl carbamates (subject to hydrolysis) is 1. The van der Waals surface area contributed by atoms with E-state index in [1.54, 1.807) is 0 Å². The molecule has 0 unspecified atom stereocenters. The van der Waals surface area contributed by atoms with Crippen LogP contribution in [-0.2, 0) is 27.4 Å². The van der Waals surface area contributed by atoms with Crippen molar-refractivity contribution in [3.05, 3.63) is 71.8 Å². The fourth-order valence-corrected chi connectivity index (χ4v) is 6.36. The number of aryl methyl sites for hydroxylation is 1. The van der Waals surface area contributed by atoms with Crippen LogP contribution >= 0.6 is 0 Å². The minimum Gasteiger partial charge on any atom is -0.445 e. The number of hydrogen-bond donors (Lipinski definition) is 2. The Balaban J connectivity index is 1.14. The Hall–Kier alpha value is -3.39. The summed E-state index contributed by atoms with van der Waals surface area (Å²) in [5, 5.41) is 5.86. The number of carbonyl (C=O) groups is 3. The second-order valence-electron chi connectivity index (χ2n) is 12.0. The van der Waals surface area contributed by atoms with Crippen molar-refractivity contribution in [1.29, 1.82) is 0 Å². The molecule has 2 N–H and O–H groups in total. The van der Waals surface area contributed by atoms with Gasteiger partial charge in [0.05, 0.1) is 0 Å². The van der Waals surface area contributed by atoms with Crippen molar-refractivity contribution < 1.29 is 19.1 Å². The van der Waals surface area contributed by atoms with Gasteiger partial charge in [-0.15, -0.1) is 0 Å². The molecule has 0 bridgehead atoms. The molecule has 2 saturated heterocycles. The van der Waals surface area contributed by atoms with Gasteiger partial charge in [-0.05, 0) is 75.5 Å². The van der Waals surface area contributed by atoms with Crippen LogP contribution in [0.1, 0.15) is 82.3 Å². The molecule has 0 radical (unpaired) electrons. The highest BCUT2D eigenvalue weighted by atomic mass is 16.5. The Labute approximate surface area is 257 Å². The second kappa shape index (κ2) is 17.0. The molecule has 2 aliphatic rings. The standard InChI is InChI=1S/C35H50N4O4/c1-2-24-39-32(40)31(20-12-13-23-36-34(42)43-28-30-18-10-6-11-19-30)37-33(41)35(39)21-26-38(27-22-35)25-14-4-3-7-15-29-16-8-5-9-17-29/h5-6,8-11,16-19,31H,2-4,7,12-15,20-28H2,1H3,(H,36,42)(H,37,41)/t31-/m1/s1. The third-order valence-electron chi connectivity index (χ3n) is 8.87. The maximum Gasteiger partial charge on any atom is 0.407 e. The Morgan fingerprint density at radius 3 is 2.26 bits per heavy atom. The van der Waals surface area contributed by atoms with Crippen LogP contribution in [0.15, 0.2) is 60.7 Å². The van der Waals surface area contributed by atoms with Gasteiger partial charge in [0, 0.05) is 26.2 Å². The molecule has 4 rings (SSSR count). The quantitative estimate of drug-likeness (QED) is 0.254. The summed E-state index contributed by atoms with van der Waals surface area (Å²) in [5.41, 5.74) is 1.63. The number of piperazine rings is 1. The molecule has 43 heavy (non-hydrogen) atoms. The summed E-state index contributed by atoms with van der Waals surface area (Å²) in [6.45, 7) is 6.13. The van der Waals surface area contributed by atoms with E-state index in [0.717, 1.165) is 44.5 Å². The zero-order chi connectivity index (χ0) is 30.3. The van der Waals surface area contributed by atoms with Crippen LogP contribution in [0.3, 0.4) is 0 Å². The molecule has 3 amide bonds. The second-order valence-corrected chi connectivity index (χ2v) is 12.0. The Morgan fingerprint density at radius 2 is 1.56 bits per heavy atom. The normalized spacial score (nSPS) is 18.4. The Morgan fingerprint density at radius 1 is 0.884 bits per heavy atom. The lowest BCUT2D eigenvalue weighted by molar-refractivity contribution is -0.161. The molecule has 2 aliphatic heterocycles. The predicted octanol–water partition coefficient (Wildman–Crippen LogP) is 5.46. The van der Waals surface area contributed by atoms with Crippen molar-refractivity contribution in [2.45, 2.75) is 95.7 Å². The average Bonchev–Trinajstić information content (AvgIpc) is 3.04. The zero-order valence-electron chi connectivity index (χ0n) is 25.9. The van der Waals surface area contributed by atoms with Crippen molar-refractivity contribution in [1.82, 2.24) is 20.4 Å². The molecule has 2 fully saturated rings. The van der Waals surface area contributed by atoms with Crippen molar-refractivity contribution in [2.24, 2.45) is 0 Å². The number of unbranched alkanes of at least 4 members (excludes halogenated alkanes) is 4. The zero-order valence-corrected chi connectivity index (χ0v) is 25.9. The number of hydrogen-bond acceptors (Lipinski definition) is 5. The lowest BCUT2D eigenvalue weighted by atomic mass is 9.81. The van der Waals surface area contributed by atoms with E-state index in [1.165, 1.54) is 31.2 Å². The number of nitrogens with zero attached hydrogens (tertiary/aromatic N) is 2. The minimum absolute atomic E-state index is 0.00808. The number of benzene rings is 2. The molecule has 0 saturated carbocycles. The third kappa shape index (κ3) is 9.55. The van der Waals surface area contributed by atoms with E-state index in [1.807, 2.05) is 35.2 Å².